The maximum atomic E-state index is 9.35. The highest BCUT2D eigenvalue weighted by Crippen LogP contribution is 2.62. The fraction of sp³-hybridized carbons (Fsp3) is 0.800. The van der Waals surface area contributed by atoms with Gasteiger partial charge in [-0.3, -0.25) is 0 Å². The third-order valence-corrected chi connectivity index (χ3v) is 6.04. The molecule has 0 radical (unpaired) electrons. The summed E-state index contributed by atoms with van der Waals surface area (Å²) in [5.41, 5.74) is 0. The summed E-state index contributed by atoms with van der Waals surface area (Å²) in [4.78, 5) is 0. The summed E-state index contributed by atoms with van der Waals surface area (Å²) in [6.07, 6.45) is 0.901. The lowest BCUT2D eigenvalue weighted by molar-refractivity contribution is -0.233. The number of ether oxygens (including phenoxy) is 2. The van der Waals surface area contributed by atoms with Crippen LogP contribution in [-0.4, -0.2) is 31.7 Å². The molecule has 2 aliphatic carbocycles. The monoisotopic (exact) mass is 340 g/mol. The first kappa shape index (κ1) is 12.0. The van der Waals surface area contributed by atoms with Gasteiger partial charge in [0.1, 0.15) is 0 Å². The molecule has 2 rings (SSSR count). The first-order valence-corrected chi connectivity index (χ1v) is 6.47. The van der Waals surface area contributed by atoms with Crippen molar-refractivity contribution in [3.63, 3.8) is 0 Å². The van der Waals surface area contributed by atoms with Crippen LogP contribution in [0.15, 0.2) is 8.96 Å². The van der Waals surface area contributed by atoms with Crippen LogP contribution < -0.4 is 0 Å². The summed E-state index contributed by atoms with van der Waals surface area (Å²) < 4.78 is 13.3. The molecule has 15 heavy (non-hydrogen) atoms. The SMILES string of the molecule is COC1(OC)[C@@H]2C[C@@H](CO)[C@H]1C(Br)=C2Br. The van der Waals surface area contributed by atoms with Crippen LogP contribution in [0.1, 0.15) is 6.42 Å². The molecule has 1 N–H and O–H groups in total. The predicted molar refractivity (Wildman–Crippen MR) is 63.8 cm³/mol. The minimum absolute atomic E-state index is 0.0943. The summed E-state index contributed by atoms with van der Waals surface area (Å²) in [6.45, 7) is 0.172. The van der Waals surface area contributed by atoms with E-state index in [2.05, 4.69) is 31.9 Å². The third kappa shape index (κ3) is 1.40. The summed E-state index contributed by atoms with van der Waals surface area (Å²) in [5, 5.41) is 9.35. The van der Waals surface area contributed by atoms with Crippen molar-refractivity contribution in [3.05, 3.63) is 8.96 Å². The number of hydrogen-bond acceptors (Lipinski definition) is 3. The Morgan fingerprint density at radius 2 is 1.93 bits per heavy atom. The van der Waals surface area contributed by atoms with Gasteiger partial charge in [-0.2, -0.15) is 0 Å². The van der Waals surface area contributed by atoms with Crippen LogP contribution in [0, 0.1) is 17.8 Å². The van der Waals surface area contributed by atoms with Gasteiger partial charge in [0.15, 0.2) is 5.79 Å². The zero-order valence-electron chi connectivity index (χ0n) is 8.67. The Kier molecular flexibility index (Phi) is 3.30. The van der Waals surface area contributed by atoms with Crippen molar-refractivity contribution in [2.24, 2.45) is 17.8 Å². The molecule has 2 aliphatic rings. The molecule has 3 nitrogen and oxygen atoms in total. The Balaban J connectivity index is 2.41. The molecule has 0 unspecified atom stereocenters. The molecule has 0 heterocycles. The summed E-state index contributed by atoms with van der Waals surface area (Å²) in [5.74, 6) is -0.114. The quantitative estimate of drug-likeness (QED) is 0.800. The molecule has 5 heteroatoms. The van der Waals surface area contributed by atoms with Crippen molar-refractivity contribution < 1.29 is 14.6 Å². The molecule has 0 amide bonds. The molecule has 0 aromatic heterocycles. The molecule has 0 saturated heterocycles. The van der Waals surface area contributed by atoms with Gasteiger partial charge in [-0.15, -0.1) is 0 Å². The smallest absolute Gasteiger partial charge is 0.182 e. The first-order chi connectivity index (χ1) is 7.12. The van der Waals surface area contributed by atoms with E-state index in [0.29, 0.717) is 0 Å². The molecule has 0 aromatic rings. The van der Waals surface area contributed by atoms with Crippen molar-refractivity contribution >= 4 is 31.9 Å². The van der Waals surface area contributed by atoms with Crippen LogP contribution in [0.3, 0.4) is 0 Å². The van der Waals surface area contributed by atoms with Crippen molar-refractivity contribution in [3.8, 4) is 0 Å². The van der Waals surface area contributed by atoms with Gasteiger partial charge in [0.25, 0.3) is 0 Å². The zero-order valence-corrected chi connectivity index (χ0v) is 11.8. The highest BCUT2D eigenvalue weighted by atomic mass is 79.9. The number of rotatable bonds is 3. The van der Waals surface area contributed by atoms with E-state index in [-0.39, 0.29) is 24.4 Å². The Labute approximate surface area is 106 Å². The van der Waals surface area contributed by atoms with E-state index in [1.165, 1.54) is 0 Å². The fourth-order valence-corrected chi connectivity index (χ4v) is 4.65. The lowest BCUT2D eigenvalue weighted by atomic mass is 9.94. The van der Waals surface area contributed by atoms with Gasteiger partial charge in [0.05, 0.1) is 5.92 Å². The Hall–Kier alpha value is 0.580. The second-order valence-electron chi connectivity index (χ2n) is 4.03. The van der Waals surface area contributed by atoms with Crippen molar-refractivity contribution in [2.75, 3.05) is 20.8 Å². The van der Waals surface area contributed by atoms with Crippen molar-refractivity contribution in [2.45, 2.75) is 12.2 Å². The van der Waals surface area contributed by atoms with E-state index in [9.17, 15) is 5.11 Å². The van der Waals surface area contributed by atoms with Gasteiger partial charge in [-0.25, -0.2) is 0 Å². The zero-order chi connectivity index (χ0) is 11.2. The second kappa shape index (κ2) is 4.11. The molecular weight excluding hydrogens is 328 g/mol. The largest absolute Gasteiger partial charge is 0.396 e. The van der Waals surface area contributed by atoms with Crippen molar-refractivity contribution in [1.29, 1.82) is 0 Å². The van der Waals surface area contributed by atoms with Gasteiger partial charge in [0.2, 0.25) is 0 Å². The topological polar surface area (TPSA) is 38.7 Å². The molecular formula is C10H14Br2O3. The second-order valence-corrected chi connectivity index (χ2v) is 5.74. The molecule has 0 aromatic carbocycles. The fourth-order valence-electron chi connectivity index (χ4n) is 2.93. The number of methoxy groups -OCH3 is 2. The molecule has 0 aliphatic heterocycles. The van der Waals surface area contributed by atoms with Crippen LogP contribution in [0.2, 0.25) is 0 Å². The minimum Gasteiger partial charge on any atom is -0.396 e. The van der Waals surface area contributed by atoms with E-state index < -0.39 is 5.79 Å². The number of aliphatic hydroxyl groups is 1. The number of hydrogen-bond donors (Lipinski definition) is 1. The maximum absolute atomic E-state index is 9.35. The molecule has 86 valence electrons. The number of halogens is 2. The summed E-state index contributed by atoms with van der Waals surface area (Å²) in [7, 11) is 3.32. The molecule has 0 spiro atoms. The average molecular weight is 342 g/mol. The van der Waals surface area contributed by atoms with Crippen LogP contribution in [0.5, 0.6) is 0 Å². The lowest BCUT2D eigenvalue weighted by Crippen LogP contribution is -2.41. The van der Waals surface area contributed by atoms with Crippen LogP contribution >= 0.6 is 31.9 Å². The van der Waals surface area contributed by atoms with E-state index in [1.807, 2.05) is 0 Å². The summed E-state index contributed by atoms with van der Waals surface area (Å²) in [6, 6.07) is 0. The average Bonchev–Trinajstić information content (AvgIpc) is 2.69. The van der Waals surface area contributed by atoms with Crippen LogP contribution in [0.4, 0.5) is 0 Å². The normalized spacial score (nSPS) is 37.8. The Morgan fingerprint density at radius 1 is 1.33 bits per heavy atom. The highest BCUT2D eigenvalue weighted by molar-refractivity contribution is 9.14. The molecule has 1 fully saturated rings. The first-order valence-electron chi connectivity index (χ1n) is 4.88. The van der Waals surface area contributed by atoms with Gasteiger partial charge < -0.3 is 14.6 Å². The third-order valence-electron chi connectivity index (χ3n) is 3.61. The Bertz CT molecular complexity index is 299. The van der Waals surface area contributed by atoms with Crippen LogP contribution in [0.25, 0.3) is 0 Å². The summed E-state index contributed by atoms with van der Waals surface area (Å²) >= 11 is 7.13. The number of fused-ring (bicyclic) bond motifs is 2. The Morgan fingerprint density at radius 3 is 2.33 bits per heavy atom. The molecule has 1 saturated carbocycles. The maximum Gasteiger partial charge on any atom is 0.182 e. The predicted octanol–water partition coefficient (Wildman–Crippen LogP) is 2.24. The van der Waals surface area contributed by atoms with E-state index in [0.717, 1.165) is 15.4 Å². The minimum atomic E-state index is -0.606. The van der Waals surface area contributed by atoms with Gasteiger partial charge >= 0.3 is 0 Å². The van der Waals surface area contributed by atoms with Gasteiger partial charge in [-0.1, -0.05) is 31.9 Å². The van der Waals surface area contributed by atoms with E-state index >= 15 is 0 Å². The lowest BCUT2D eigenvalue weighted by Gasteiger charge is -2.32. The van der Waals surface area contributed by atoms with E-state index in [1.54, 1.807) is 14.2 Å². The van der Waals surface area contributed by atoms with Gasteiger partial charge in [0, 0.05) is 35.7 Å². The van der Waals surface area contributed by atoms with E-state index in [4.69, 9.17) is 9.47 Å². The standard InChI is InChI=1S/C10H14Br2O3/c1-14-10(15-2)6-3-5(4-13)7(10)9(12)8(6)11/h5-7,13H,3-4H2,1-2H3/t5-,6+,7-/m0/s1. The molecule has 3 atom stereocenters. The van der Waals surface area contributed by atoms with Crippen molar-refractivity contribution in [1.82, 2.24) is 0 Å². The molecule has 2 bridgehead atoms. The highest BCUT2D eigenvalue weighted by Gasteiger charge is 2.63. The number of aliphatic hydroxyl groups excluding tert-OH is 1. The van der Waals surface area contributed by atoms with Gasteiger partial charge in [-0.05, 0) is 12.3 Å². The van der Waals surface area contributed by atoms with Crippen LogP contribution in [-0.2, 0) is 9.47 Å².